The van der Waals surface area contributed by atoms with E-state index in [9.17, 15) is 4.21 Å². The predicted octanol–water partition coefficient (Wildman–Crippen LogP) is 1.98. The van der Waals surface area contributed by atoms with Crippen LogP contribution < -0.4 is 5.32 Å². The van der Waals surface area contributed by atoms with Gasteiger partial charge in [0, 0.05) is 61.9 Å². The fraction of sp³-hybridized carbons (Fsp3) is 0.389. The van der Waals surface area contributed by atoms with Gasteiger partial charge in [0.1, 0.15) is 0 Å². The fourth-order valence-corrected chi connectivity index (χ4v) is 3.51. The quantitative estimate of drug-likeness (QED) is 0.616. The van der Waals surface area contributed by atoms with Gasteiger partial charge in [0.05, 0.1) is 6.54 Å². The Morgan fingerprint density at radius 2 is 2.00 bits per heavy atom. The van der Waals surface area contributed by atoms with Gasteiger partial charge in [-0.05, 0) is 17.7 Å². The van der Waals surface area contributed by atoms with Crippen LogP contribution in [0.15, 0.2) is 53.7 Å². The topological polar surface area (TPSA) is 49.6 Å². The van der Waals surface area contributed by atoms with E-state index in [-0.39, 0.29) is 0 Å². The van der Waals surface area contributed by atoms with Crippen molar-refractivity contribution in [3.8, 4) is 0 Å². The lowest BCUT2D eigenvalue weighted by molar-refractivity contribution is 0.464. The number of hydrogen-bond acceptors (Lipinski definition) is 2. The maximum Gasteiger partial charge on any atom is 0.193 e. The molecule has 0 aliphatic heterocycles. The molecule has 1 heterocycles. The summed E-state index contributed by atoms with van der Waals surface area (Å²) in [6.45, 7) is 1.42. The van der Waals surface area contributed by atoms with Gasteiger partial charge in [-0.1, -0.05) is 30.3 Å². The summed E-state index contributed by atoms with van der Waals surface area (Å²) in [5.41, 5.74) is 2.33. The molecule has 0 radical (unpaired) electrons. The Morgan fingerprint density at radius 1 is 1.25 bits per heavy atom. The molecule has 1 unspecified atom stereocenters. The van der Waals surface area contributed by atoms with Gasteiger partial charge in [0.2, 0.25) is 0 Å². The molecule has 0 fully saturated rings. The van der Waals surface area contributed by atoms with Crippen molar-refractivity contribution in [3.05, 3.63) is 59.9 Å². The monoisotopic (exact) mass is 346 g/mol. The highest BCUT2D eigenvalue weighted by Gasteiger charge is 2.09. The Hall–Kier alpha value is -2.08. The van der Waals surface area contributed by atoms with Crippen LogP contribution >= 0.6 is 0 Å². The van der Waals surface area contributed by atoms with Gasteiger partial charge >= 0.3 is 0 Å². The lowest BCUT2D eigenvalue weighted by atomic mass is 10.2. The SMILES string of the molecule is CN=C(NCCS(=O)Cc1ccccc1)N(C)Cc1cccn1C. The Morgan fingerprint density at radius 3 is 2.62 bits per heavy atom. The lowest BCUT2D eigenvalue weighted by Gasteiger charge is -2.22. The van der Waals surface area contributed by atoms with Crippen molar-refractivity contribution >= 4 is 16.8 Å². The van der Waals surface area contributed by atoms with Crippen molar-refractivity contribution in [1.82, 2.24) is 14.8 Å². The molecule has 5 nitrogen and oxygen atoms in total. The molecule has 1 aromatic heterocycles. The van der Waals surface area contributed by atoms with Crippen molar-refractivity contribution in [2.24, 2.45) is 12.0 Å². The minimum atomic E-state index is -0.878. The molecule has 0 saturated carbocycles. The molecule has 24 heavy (non-hydrogen) atoms. The van der Waals surface area contributed by atoms with E-state index in [1.807, 2.05) is 56.7 Å². The molecule has 1 aromatic carbocycles. The van der Waals surface area contributed by atoms with Crippen LogP contribution in [-0.4, -0.2) is 46.0 Å². The van der Waals surface area contributed by atoms with Gasteiger partial charge in [-0.3, -0.25) is 9.20 Å². The molecule has 1 N–H and O–H groups in total. The van der Waals surface area contributed by atoms with Gasteiger partial charge in [-0.15, -0.1) is 0 Å². The average Bonchev–Trinajstić information content (AvgIpc) is 2.97. The second kappa shape index (κ2) is 9.27. The third-order valence-electron chi connectivity index (χ3n) is 3.81. The summed E-state index contributed by atoms with van der Waals surface area (Å²) in [6.07, 6.45) is 2.03. The van der Waals surface area contributed by atoms with Crippen molar-refractivity contribution in [3.63, 3.8) is 0 Å². The Kier molecular flexibility index (Phi) is 7.06. The summed E-state index contributed by atoms with van der Waals surface area (Å²) < 4.78 is 14.3. The molecule has 130 valence electrons. The molecule has 2 rings (SSSR count). The van der Waals surface area contributed by atoms with Crippen molar-refractivity contribution in [2.45, 2.75) is 12.3 Å². The molecule has 2 aromatic rings. The zero-order valence-electron chi connectivity index (χ0n) is 14.6. The van der Waals surface area contributed by atoms with Gasteiger partial charge in [-0.25, -0.2) is 0 Å². The molecular weight excluding hydrogens is 320 g/mol. The minimum absolute atomic E-state index is 0.598. The number of hydrogen-bond donors (Lipinski definition) is 1. The van der Waals surface area contributed by atoms with E-state index >= 15 is 0 Å². The molecule has 0 aliphatic rings. The molecule has 1 atom stereocenters. The van der Waals surface area contributed by atoms with Crippen LogP contribution in [-0.2, 0) is 30.1 Å². The highest BCUT2D eigenvalue weighted by atomic mass is 32.2. The first kappa shape index (κ1) is 18.3. The van der Waals surface area contributed by atoms with Crippen molar-refractivity contribution < 1.29 is 4.21 Å². The van der Waals surface area contributed by atoms with Crippen LogP contribution in [0, 0.1) is 0 Å². The highest BCUT2D eigenvalue weighted by molar-refractivity contribution is 7.84. The second-order valence-corrected chi connectivity index (χ2v) is 7.29. The van der Waals surface area contributed by atoms with Crippen LogP contribution in [0.1, 0.15) is 11.3 Å². The molecule has 6 heteroatoms. The van der Waals surface area contributed by atoms with Gasteiger partial charge < -0.3 is 14.8 Å². The Bertz CT molecular complexity index is 681. The normalized spacial score (nSPS) is 12.9. The number of guanidine groups is 1. The number of nitrogens with one attached hydrogen (secondary N) is 1. The zero-order valence-corrected chi connectivity index (χ0v) is 15.4. The number of aromatic nitrogens is 1. The van der Waals surface area contributed by atoms with E-state index in [0.717, 1.165) is 18.1 Å². The molecular formula is C18H26N4OS. The van der Waals surface area contributed by atoms with Crippen LogP contribution in [0.3, 0.4) is 0 Å². The Balaban J connectivity index is 1.77. The van der Waals surface area contributed by atoms with E-state index < -0.39 is 10.8 Å². The first-order chi connectivity index (χ1) is 11.6. The number of aryl methyl sites for hydroxylation is 1. The van der Waals surface area contributed by atoms with Crippen LogP contribution in [0.2, 0.25) is 0 Å². The average molecular weight is 347 g/mol. The van der Waals surface area contributed by atoms with Crippen molar-refractivity contribution in [2.75, 3.05) is 26.4 Å². The molecule has 0 bridgehead atoms. The van der Waals surface area contributed by atoms with Crippen molar-refractivity contribution in [1.29, 1.82) is 0 Å². The van der Waals surface area contributed by atoms with E-state index in [1.54, 1.807) is 7.05 Å². The number of nitrogens with zero attached hydrogens (tertiary/aromatic N) is 3. The van der Waals surface area contributed by atoms with Gasteiger partial charge in [0.15, 0.2) is 5.96 Å². The summed E-state index contributed by atoms with van der Waals surface area (Å²) in [5, 5.41) is 3.29. The zero-order chi connectivity index (χ0) is 17.4. The first-order valence-corrected chi connectivity index (χ1v) is 9.50. The predicted molar refractivity (Wildman–Crippen MR) is 101 cm³/mol. The highest BCUT2D eigenvalue weighted by Crippen LogP contribution is 2.04. The standard InChI is InChI=1S/C18H26N4OS/c1-19-18(22(3)14-17-10-7-12-21(17)2)20-11-13-24(23)15-16-8-5-4-6-9-16/h4-10,12H,11,13-15H2,1-3H3,(H,19,20). The fourth-order valence-electron chi connectivity index (χ4n) is 2.47. The number of benzene rings is 1. The maximum atomic E-state index is 12.2. The maximum absolute atomic E-state index is 12.2. The third kappa shape index (κ3) is 5.53. The summed E-state index contributed by atoms with van der Waals surface area (Å²) in [7, 11) is 4.93. The summed E-state index contributed by atoms with van der Waals surface area (Å²) >= 11 is 0. The number of rotatable bonds is 7. The Labute approximate surface area is 146 Å². The van der Waals surface area contributed by atoms with Gasteiger partial charge in [-0.2, -0.15) is 0 Å². The van der Waals surface area contributed by atoms with E-state index in [2.05, 4.69) is 25.8 Å². The summed E-state index contributed by atoms with van der Waals surface area (Å²) in [4.78, 5) is 6.37. The van der Waals surface area contributed by atoms with E-state index in [1.165, 1.54) is 5.69 Å². The smallest absolute Gasteiger partial charge is 0.193 e. The van der Waals surface area contributed by atoms with E-state index in [0.29, 0.717) is 18.1 Å². The van der Waals surface area contributed by atoms with Gasteiger partial charge in [0.25, 0.3) is 0 Å². The minimum Gasteiger partial charge on any atom is -0.355 e. The van der Waals surface area contributed by atoms with Crippen LogP contribution in [0.25, 0.3) is 0 Å². The molecule has 0 spiro atoms. The number of aliphatic imine (C=N–C) groups is 1. The van der Waals surface area contributed by atoms with Crippen LogP contribution in [0.4, 0.5) is 0 Å². The summed E-state index contributed by atoms with van der Waals surface area (Å²) in [6, 6.07) is 14.1. The van der Waals surface area contributed by atoms with Crippen LogP contribution in [0.5, 0.6) is 0 Å². The molecule has 0 aliphatic carbocycles. The molecule has 0 saturated heterocycles. The summed E-state index contributed by atoms with van der Waals surface area (Å²) in [5.74, 6) is 2.01. The lowest BCUT2D eigenvalue weighted by Crippen LogP contribution is -2.40. The largest absolute Gasteiger partial charge is 0.355 e. The third-order valence-corrected chi connectivity index (χ3v) is 5.12. The first-order valence-electron chi connectivity index (χ1n) is 8.01. The molecule has 0 amide bonds. The van der Waals surface area contributed by atoms with E-state index in [4.69, 9.17) is 0 Å². The second-order valence-electron chi connectivity index (χ2n) is 5.71.